The molecule has 2 aromatic carbocycles. The van der Waals surface area contributed by atoms with Crippen LogP contribution in [0.3, 0.4) is 0 Å². The molecule has 2 N–H and O–H groups in total. The maximum atomic E-state index is 9.43. The largest absolute Gasteiger partial charge is 0.382 e. The van der Waals surface area contributed by atoms with Gasteiger partial charge in [0.2, 0.25) is 0 Å². The number of nitrogens with zero attached hydrogens (tertiary/aromatic N) is 3. The lowest BCUT2D eigenvalue weighted by Gasteiger charge is -2.11. The van der Waals surface area contributed by atoms with E-state index in [1.165, 1.54) is 0 Å². The van der Waals surface area contributed by atoms with Crippen molar-refractivity contribution in [2.45, 2.75) is 6.92 Å². The van der Waals surface area contributed by atoms with Crippen LogP contribution in [-0.2, 0) is 0 Å². The van der Waals surface area contributed by atoms with Crippen molar-refractivity contribution in [1.29, 1.82) is 5.26 Å². The number of nitrogens with two attached hydrogens (primary N) is 1. The second-order valence-electron chi connectivity index (χ2n) is 5.26. The summed E-state index contributed by atoms with van der Waals surface area (Å²) in [6.07, 6.45) is 0. The third kappa shape index (κ3) is 3.05. The summed E-state index contributed by atoms with van der Waals surface area (Å²) in [5.74, 6) is 0.557. The molecule has 24 heavy (non-hydrogen) atoms. The van der Waals surface area contributed by atoms with Gasteiger partial charge in [-0.2, -0.15) is 5.26 Å². The van der Waals surface area contributed by atoms with Crippen molar-refractivity contribution >= 4 is 29.0 Å². The average molecular weight is 355 g/mol. The molecule has 0 aliphatic heterocycles. The summed E-state index contributed by atoms with van der Waals surface area (Å²) < 4.78 is 0. The molecule has 0 bridgehead atoms. The second kappa shape index (κ2) is 6.48. The highest BCUT2D eigenvalue weighted by Gasteiger charge is 2.17. The van der Waals surface area contributed by atoms with Gasteiger partial charge in [-0.25, -0.2) is 9.97 Å². The Balaban J connectivity index is 2.27. The van der Waals surface area contributed by atoms with Gasteiger partial charge in [-0.1, -0.05) is 47.0 Å². The van der Waals surface area contributed by atoms with E-state index in [2.05, 4.69) is 16.0 Å². The zero-order chi connectivity index (χ0) is 17.3. The molecule has 6 heteroatoms. The van der Waals surface area contributed by atoms with Gasteiger partial charge in [0.15, 0.2) is 5.82 Å². The molecule has 0 saturated carbocycles. The number of rotatable bonds is 2. The molecule has 0 aliphatic rings. The molecule has 118 valence electrons. The van der Waals surface area contributed by atoms with E-state index < -0.39 is 0 Å². The summed E-state index contributed by atoms with van der Waals surface area (Å²) in [6, 6.07) is 14.8. The van der Waals surface area contributed by atoms with Crippen LogP contribution < -0.4 is 5.73 Å². The van der Waals surface area contributed by atoms with Crippen LogP contribution in [0.4, 0.5) is 5.82 Å². The van der Waals surface area contributed by atoms with E-state index in [1.807, 2.05) is 31.2 Å². The van der Waals surface area contributed by atoms with Gasteiger partial charge in [-0.15, -0.1) is 0 Å². The minimum atomic E-state index is 0.116. The first-order chi connectivity index (χ1) is 11.5. The highest BCUT2D eigenvalue weighted by atomic mass is 35.5. The van der Waals surface area contributed by atoms with Crippen LogP contribution in [0.1, 0.15) is 11.1 Å². The van der Waals surface area contributed by atoms with Gasteiger partial charge in [-0.05, 0) is 31.2 Å². The van der Waals surface area contributed by atoms with E-state index >= 15 is 0 Å². The zero-order valence-corrected chi connectivity index (χ0v) is 14.2. The van der Waals surface area contributed by atoms with Crippen LogP contribution >= 0.6 is 23.2 Å². The lowest BCUT2D eigenvalue weighted by Crippen LogP contribution is -2.03. The van der Waals surface area contributed by atoms with Crippen LogP contribution in [0.25, 0.3) is 22.6 Å². The highest BCUT2D eigenvalue weighted by Crippen LogP contribution is 2.34. The first kappa shape index (κ1) is 16.3. The standard InChI is InChI=1S/C18H12Cl2N4/c1-10-3-2-4-11(7-10)18-23-16(14(9-21)17(22)24-18)13-6-5-12(19)8-15(13)20/h2-8H,1H3,(H2,22,23,24). The molecular formula is C18H12Cl2N4. The Morgan fingerprint density at radius 1 is 1.08 bits per heavy atom. The number of hydrogen-bond donors (Lipinski definition) is 1. The maximum Gasteiger partial charge on any atom is 0.162 e. The summed E-state index contributed by atoms with van der Waals surface area (Å²) in [5, 5.41) is 10.3. The summed E-state index contributed by atoms with van der Waals surface area (Å²) >= 11 is 12.2. The molecular weight excluding hydrogens is 343 g/mol. The predicted molar refractivity (Wildman–Crippen MR) is 96.8 cm³/mol. The maximum absolute atomic E-state index is 9.43. The topological polar surface area (TPSA) is 75.6 Å². The fraction of sp³-hybridized carbons (Fsp3) is 0.0556. The molecule has 0 aliphatic carbocycles. The van der Waals surface area contributed by atoms with Crippen molar-refractivity contribution < 1.29 is 0 Å². The molecule has 4 nitrogen and oxygen atoms in total. The Hall–Kier alpha value is -2.61. The van der Waals surface area contributed by atoms with Crippen LogP contribution in [0.5, 0.6) is 0 Å². The molecule has 0 spiro atoms. The molecule has 0 unspecified atom stereocenters. The number of halogens is 2. The summed E-state index contributed by atoms with van der Waals surface area (Å²) in [4.78, 5) is 8.80. The third-order valence-corrected chi connectivity index (χ3v) is 4.06. The smallest absolute Gasteiger partial charge is 0.162 e. The highest BCUT2D eigenvalue weighted by molar-refractivity contribution is 6.36. The van der Waals surface area contributed by atoms with Gasteiger partial charge in [0, 0.05) is 16.1 Å². The van der Waals surface area contributed by atoms with E-state index in [4.69, 9.17) is 28.9 Å². The van der Waals surface area contributed by atoms with Crippen molar-refractivity contribution in [3.8, 4) is 28.7 Å². The monoisotopic (exact) mass is 354 g/mol. The Morgan fingerprint density at radius 3 is 2.54 bits per heavy atom. The number of aryl methyl sites for hydroxylation is 1. The molecule has 1 heterocycles. The second-order valence-corrected chi connectivity index (χ2v) is 6.11. The van der Waals surface area contributed by atoms with Crippen molar-refractivity contribution in [3.63, 3.8) is 0 Å². The molecule has 3 aromatic rings. The quantitative estimate of drug-likeness (QED) is 0.711. The van der Waals surface area contributed by atoms with E-state index in [9.17, 15) is 5.26 Å². The fourth-order valence-electron chi connectivity index (χ4n) is 2.38. The Morgan fingerprint density at radius 2 is 1.88 bits per heavy atom. The Labute approximate surface area is 149 Å². The third-order valence-electron chi connectivity index (χ3n) is 3.51. The summed E-state index contributed by atoms with van der Waals surface area (Å²) in [6.45, 7) is 1.98. The van der Waals surface area contributed by atoms with Crippen molar-refractivity contribution in [1.82, 2.24) is 9.97 Å². The lowest BCUT2D eigenvalue weighted by molar-refractivity contribution is 1.17. The number of nitriles is 1. The Kier molecular flexibility index (Phi) is 4.39. The number of aromatic nitrogens is 2. The van der Waals surface area contributed by atoms with Crippen LogP contribution in [0.2, 0.25) is 10.0 Å². The van der Waals surface area contributed by atoms with E-state index in [0.29, 0.717) is 27.1 Å². The summed E-state index contributed by atoms with van der Waals surface area (Å²) in [5.41, 5.74) is 9.04. The predicted octanol–water partition coefficient (Wildman–Crippen LogP) is 4.88. The number of benzene rings is 2. The molecule has 0 saturated heterocycles. The van der Waals surface area contributed by atoms with Crippen LogP contribution in [0, 0.1) is 18.3 Å². The van der Waals surface area contributed by atoms with Crippen LogP contribution in [-0.4, -0.2) is 9.97 Å². The van der Waals surface area contributed by atoms with Crippen molar-refractivity contribution in [2.75, 3.05) is 5.73 Å². The fourth-order valence-corrected chi connectivity index (χ4v) is 2.88. The van der Waals surface area contributed by atoms with E-state index in [1.54, 1.807) is 18.2 Å². The lowest BCUT2D eigenvalue weighted by atomic mass is 10.1. The number of hydrogen-bond acceptors (Lipinski definition) is 4. The number of anilines is 1. The minimum Gasteiger partial charge on any atom is -0.382 e. The van der Waals surface area contributed by atoms with Gasteiger partial charge in [0.05, 0.1) is 10.7 Å². The van der Waals surface area contributed by atoms with Gasteiger partial charge in [0.1, 0.15) is 17.5 Å². The molecule has 0 radical (unpaired) electrons. The minimum absolute atomic E-state index is 0.116. The first-order valence-corrected chi connectivity index (χ1v) is 7.85. The number of nitrogen functional groups attached to an aromatic ring is 1. The van der Waals surface area contributed by atoms with E-state index in [-0.39, 0.29) is 11.4 Å². The zero-order valence-electron chi connectivity index (χ0n) is 12.7. The SMILES string of the molecule is Cc1cccc(-c2nc(N)c(C#N)c(-c3ccc(Cl)cc3Cl)n2)c1. The van der Waals surface area contributed by atoms with Crippen molar-refractivity contribution in [2.24, 2.45) is 0 Å². The molecule has 0 amide bonds. The molecule has 1 aromatic heterocycles. The normalized spacial score (nSPS) is 10.4. The van der Waals surface area contributed by atoms with E-state index in [0.717, 1.165) is 11.1 Å². The van der Waals surface area contributed by atoms with Gasteiger partial charge >= 0.3 is 0 Å². The molecule has 3 rings (SSSR count). The first-order valence-electron chi connectivity index (χ1n) is 7.09. The average Bonchev–Trinajstić information content (AvgIpc) is 2.54. The van der Waals surface area contributed by atoms with Gasteiger partial charge in [-0.3, -0.25) is 0 Å². The summed E-state index contributed by atoms with van der Waals surface area (Å²) in [7, 11) is 0. The molecule has 0 atom stereocenters. The Bertz CT molecular complexity index is 977. The van der Waals surface area contributed by atoms with Crippen LogP contribution in [0.15, 0.2) is 42.5 Å². The van der Waals surface area contributed by atoms with Gasteiger partial charge in [0.25, 0.3) is 0 Å². The molecule has 0 fully saturated rings. The van der Waals surface area contributed by atoms with Crippen molar-refractivity contribution in [3.05, 3.63) is 63.6 Å². The van der Waals surface area contributed by atoms with Gasteiger partial charge < -0.3 is 5.73 Å².